The van der Waals surface area contributed by atoms with E-state index in [-0.39, 0.29) is 22.8 Å². The number of rotatable bonds is 5. The Hall–Kier alpha value is -3.33. The van der Waals surface area contributed by atoms with Crippen LogP contribution in [0.1, 0.15) is 10.4 Å². The predicted molar refractivity (Wildman–Crippen MR) is 108 cm³/mol. The van der Waals surface area contributed by atoms with Gasteiger partial charge in [0.15, 0.2) is 6.61 Å². The summed E-state index contributed by atoms with van der Waals surface area (Å²) in [5.41, 5.74) is 6.34. The van der Waals surface area contributed by atoms with Crippen molar-refractivity contribution < 1.29 is 19.2 Å². The van der Waals surface area contributed by atoms with Crippen LogP contribution in [0.4, 0.5) is 17.1 Å². The highest BCUT2D eigenvalue weighted by Gasteiger charge is 2.23. The number of hydrogen-bond acceptors (Lipinski definition) is 7. The largest absolute Gasteiger partial charge is 0.452 e. The number of esters is 1. The van der Waals surface area contributed by atoms with Gasteiger partial charge in [0, 0.05) is 49.0 Å². The number of amides is 1. The van der Waals surface area contributed by atoms with Crippen LogP contribution >= 0.6 is 11.6 Å². The SMILES string of the molecule is Nc1cc([N+](=O)[O-])ccc1C(=O)OCC(=O)N1CCN(c2cccc(Cl)c2)CC1. The highest BCUT2D eigenvalue weighted by molar-refractivity contribution is 6.30. The van der Waals surface area contributed by atoms with Crippen molar-refractivity contribution in [2.75, 3.05) is 43.4 Å². The van der Waals surface area contributed by atoms with Crippen LogP contribution < -0.4 is 10.6 Å². The second kappa shape index (κ2) is 8.78. The topological polar surface area (TPSA) is 119 Å². The van der Waals surface area contributed by atoms with Crippen LogP contribution in [0, 0.1) is 10.1 Å². The van der Waals surface area contributed by atoms with Crippen LogP contribution in [0.5, 0.6) is 0 Å². The van der Waals surface area contributed by atoms with Gasteiger partial charge < -0.3 is 20.3 Å². The molecule has 3 rings (SSSR count). The van der Waals surface area contributed by atoms with Gasteiger partial charge in [-0.05, 0) is 24.3 Å². The molecular weight excluding hydrogens is 400 g/mol. The molecule has 0 saturated carbocycles. The third kappa shape index (κ3) is 4.94. The summed E-state index contributed by atoms with van der Waals surface area (Å²) in [5.74, 6) is -1.12. The Morgan fingerprint density at radius 2 is 1.86 bits per heavy atom. The second-order valence-corrected chi connectivity index (χ2v) is 6.89. The first-order valence-electron chi connectivity index (χ1n) is 8.84. The number of carbonyl (C=O) groups excluding carboxylic acids is 2. The van der Waals surface area contributed by atoms with E-state index in [0.717, 1.165) is 17.8 Å². The Kier molecular flexibility index (Phi) is 6.18. The molecule has 152 valence electrons. The van der Waals surface area contributed by atoms with Gasteiger partial charge in [-0.2, -0.15) is 0 Å². The quantitative estimate of drug-likeness (QED) is 0.342. The number of non-ortho nitro benzene ring substituents is 1. The molecule has 2 aromatic carbocycles. The number of nitro groups is 1. The first kappa shape index (κ1) is 20.4. The van der Waals surface area contributed by atoms with Gasteiger partial charge in [-0.1, -0.05) is 17.7 Å². The highest BCUT2D eigenvalue weighted by Crippen LogP contribution is 2.22. The Labute approximate surface area is 171 Å². The molecule has 0 aromatic heterocycles. The zero-order valence-electron chi connectivity index (χ0n) is 15.4. The van der Waals surface area contributed by atoms with Crippen LogP contribution in [-0.2, 0) is 9.53 Å². The van der Waals surface area contributed by atoms with E-state index in [4.69, 9.17) is 22.1 Å². The number of carbonyl (C=O) groups is 2. The standard InChI is InChI=1S/C19H19ClN4O5/c20-13-2-1-3-14(10-13)22-6-8-23(9-7-22)18(25)12-29-19(26)16-5-4-15(24(27)28)11-17(16)21/h1-5,10-11H,6-9,12,21H2. The number of hydrogen-bond donors (Lipinski definition) is 1. The molecule has 0 spiro atoms. The van der Waals surface area contributed by atoms with Crippen LogP contribution in [-0.4, -0.2) is 54.5 Å². The van der Waals surface area contributed by atoms with E-state index in [1.54, 1.807) is 11.0 Å². The summed E-state index contributed by atoms with van der Waals surface area (Å²) in [5, 5.41) is 11.4. The van der Waals surface area contributed by atoms with Crippen molar-refractivity contribution in [2.24, 2.45) is 0 Å². The Bertz CT molecular complexity index is 944. The lowest BCUT2D eigenvalue weighted by Crippen LogP contribution is -2.49. The number of piperazine rings is 1. The van der Waals surface area contributed by atoms with Crippen LogP contribution in [0.2, 0.25) is 5.02 Å². The zero-order valence-corrected chi connectivity index (χ0v) is 16.2. The third-order valence-corrected chi connectivity index (χ3v) is 4.83. The first-order chi connectivity index (χ1) is 13.8. The summed E-state index contributed by atoms with van der Waals surface area (Å²) in [6.07, 6.45) is 0. The van der Waals surface area contributed by atoms with Crippen molar-refractivity contribution in [2.45, 2.75) is 0 Å². The van der Waals surface area contributed by atoms with E-state index in [1.807, 2.05) is 18.2 Å². The normalized spacial score (nSPS) is 13.8. The van der Waals surface area contributed by atoms with Crippen LogP contribution in [0.15, 0.2) is 42.5 Å². The van der Waals surface area contributed by atoms with Crippen molar-refractivity contribution in [3.8, 4) is 0 Å². The molecule has 0 bridgehead atoms. The van der Waals surface area contributed by atoms with Crippen molar-refractivity contribution in [3.63, 3.8) is 0 Å². The lowest BCUT2D eigenvalue weighted by Gasteiger charge is -2.36. The molecule has 1 fully saturated rings. The minimum atomic E-state index is -0.802. The maximum Gasteiger partial charge on any atom is 0.340 e. The van der Waals surface area contributed by atoms with Crippen molar-refractivity contribution in [3.05, 3.63) is 63.2 Å². The predicted octanol–water partition coefficient (Wildman–Crippen LogP) is 2.34. The molecule has 0 unspecified atom stereocenters. The summed E-state index contributed by atoms with van der Waals surface area (Å²) < 4.78 is 5.04. The van der Waals surface area contributed by atoms with Gasteiger partial charge >= 0.3 is 5.97 Å². The van der Waals surface area contributed by atoms with E-state index in [9.17, 15) is 19.7 Å². The van der Waals surface area contributed by atoms with E-state index >= 15 is 0 Å². The van der Waals surface area contributed by atoms with Gasteiger partial charge in [-0.15, -0.1) is 0 Å². The van der Waals surface area contributed by atoms with E-state index in [0.29, 0.717) is 31.2 Å². The molecule has 2 aromatic rings. The maximum absolute atomic E-state index is 12.3. The van der Waals surface area contributed by atoms with Gasteiger partial charge in [0.2, 0.25) is 0 Å². The second-order valence-electron chi connectivity index (χ2n) is 6.45. The molecule has 1 saturated heterocycles. The zero-order chi connectivity index (χ0) is 21.0. The van der Waals surface area contributed by atoms with E-state index in [1.165, 1.54) is 6.07 Å². The fraction of sp³-hybridized carbons (Fsp3) is 0.263. The van der Waals surface area contributed by atoms with E-state index < -0.39 is 17.5 Å². The molecule has 1 aliphatic rings. The molecule has 1 aliphatic heterocycles. The van der Waals surface area contributed by atoms with Gasteiger partial charge in [-0.25, -0.2) is 4.79 Å². The van der Waals surface area contributed by atoms with Gasteiger partial charge in [-0.3, -0.25) is 14.9 Å². The van der Waals surface area contributed by atoms with Gasteiger partial charge in [0.05, 0.1) is 16.2 Å². The lowest BCUT2D eigenvalue weighted by molar-refractivity contribution is -0.384. The third-order valence-electron chi connectivity index (χ3n) is 4.60. The smallest absolute Gasteiger partial charge is 0.340 e. The summed E-state index contributed by atoms with van der Waals surface area (Å²) in [7, 11) is 0. The number of ether oxygens (including phenoxy) is 1. The lowest BCUT2D eigenvalue weighted by atomic mass is 10.1. The molecule has 10 heteroatoms. The average Bonchev–Trinajstić information content (AvgIpc) is 2.71. The number of nitrogens with two attached hydrogens (primary N) is 1. The van der Waals surface area contributed by atoms with Crippen molar-refractivity contribution >= 4 is 40.5 Å². The van der Waals surface area contributed by atoms with Crippen molar-refractivity contribution in [1.29, 1.82) is 0 Å². The van der Waals surface area contributed by atoms with Gasteiger partial charge in [0.1, 0.15) is 0 Å². The average molecular weight is 419 g/mol. The number of nitro benzene ring substituents is 1. The molecule has 9 nitrogen and oxygen atoms in total. The number of nitrogen functional groups attached to an aromatic ring is 1. The molecular formula is C19H19ClN4O5. The molecule has 2 N–H and O–H groups in total. The maximum atomic E-state index is 12.3. The number of anilines is 2. The fourth-order valence-corrected chi connectivity index (χ4v) is 3.22. The fourth-order valence-electron chi connectivity index (χ4n) is 3.03. The minimum Gasteiger partial charge on any atom is -0.452 e. The van der Waals surface area contributed by atoms with Crippen LogP contribution in [0.3, 0.4) is 0 Å². The molecule has 1 heterocycles. The molecule has 0 radical (unpaired) electrons. The van der Waals surface area contributed by atoms with Crippen LogP contribution in [0.25, 0.3) is 0 Å². The molecule has 0 aliphatic carbocycles. The summed E-state index contributed by atoms with van der Waals surface area (Å²) in [6, 6.07) is 11.0. The van der Waals surface area contributed by atoms with E-state index in [2.05, 4.69) is 4.90 Å². The summed E-state index contributed by atoms with van der Waals surface area (Å²) in [6.45, 7) is 1.82. The monoisotopic (exact) mass is 418 g/mol. The summed E-state index contributed by atoms with van der Waals surface area (Å²) in [4.78, 5) is 38.3. The number of halogens is 1. The summed E-state index contributed by atoms with van der Waals surface area (Å²) >= 11 is 6.02. The Morgan fingerprint density at radius 1 is 1.14 bits per heavy atom. The Balaban J connectivity index is 1.51. The highest BCUT2D eigenvalue weighted by atomic mass is 35.5. The van der Waals surface area contributed by atoms with Crippen molar-refractivity contribution in [1.82, 2.24) is 4.90 Å². The molecule has 1 amide bonds. The Morgan fingerprint density at radius 3 is 2.48 bits per heavy atom. The molecule has 0 atom stereocenters. The number of benzene rings is 2. The molecule has 29 heavy (non-hydrogen) atoms. The first-order valence-corrected chi connectivity index (χ1v) is 9.22. The minimum absolute atomic E-state index is 0.0193. The van der Waals surface area contributed by atoms with Gasteiger partial charge in [0.25, 0.3) is 11.6 Å². The number of nitrogens with zero attached hydrogens (tertiary/aromatic N) is 3.